The average Bonchev–Trinajstić information content (AvgIpc) is 2.78. The minimum atomic E-state index is -0.472. The highest BCUT2D eigenvalue weighted by molar-refractivity contribution is 5.14. The maximum absolute atomic E-state index is 10.1. The number of rotatable bonds is 4. The fourth-order valence-electron chi connectivity index (χ4n) is 2.20. The van der Waals surface area contributed by atoms with Gasteiger partial charge in [-0.2, -0.15) is 0 Å². The largest absolute Gasteiger partial charge is 0.468 e. The lowest BCUT2D eigenvalue weighted by molar-refractivity contribution is 0.0470. The Bertz CT molecular complexity index is 313. The van der Waals surface area contributed by atoms with Gasteiger partial charge < -0.3 is 14.8 Å². The monoisotopic (exact) mass is 209 g/mol. The first-order chi connectivity index (χ1) is 7.20. The summed E-state index contributed by atoms with van der Waals surface area (Å²) in [5.74, 6) is 0.969. The Hall–Kier alpha value is -0.800. The van der Waals surface area contributed by atoms with Crippen LogP contribution in [-0.2, 0) is 6.54 Å². The van der Waals surface area contributed by atoms with Crippen molar-refractivity contribution in [2.24, 2.45) is 0 Å². The molecule has 0 amide bonds. The number of hydrogen-bond donors (Lipinski definition) is 2. The molecular weight excluding hydrogens is 190 g/mol. The van der Waals surface area contributed by atoms with Gasteiger partial charge in [-0.15, -0.1) is 0 Å². The molecule has 1 fully saturated rings. The lowest BCUT2D eigenvalue weighted by Crippen LogP contribution is -2.37. The molecule has 1 aromatic heterocycles. The SMILES string of the molecule is Cc1ccoc1CNCC1(O)CCCC1. The van der Waals surface area contributed by atoms with Crippen LogP contribution in [0.5, 0.6) is 0 Å². The van der Waals surface area contributed by atoms with E-state index in [2.05, 4.69) is 5.32 Å². The van der Waals surface area contributed by atoms with Gasteiger partial charge in [0.15, 0.2) is 0 Å². The van der Waals surface area contributed by atoms with E-state index >= 15 is 0 Å². The van der Waals surface area contributed by atoms with Gasteiger partial charge in [0, 0.05) is 6.54 Å². The van der Waals surface area contributed by atoms with Gasteiger partial charge >= 0.3 is 0 Å². The molecule has 0 aromatic carbocycles. The third-order valence-electron chi connectivity index (χ3n) is 3.24. The zero-order chi connectivity index (χ0) is 10.7. The van der Waals surface area contributed by atoms with Gasteiger partial charge in [-0.1, -0.05) is 12.8 Å². The molecule has 1 aromatic rings. The van der Waals surface area contributed by atoms with Crippen molar-refractivity contribution in [2.75, 3.05) is 6.54 Å². The van der Waals surface area contributed by atoms with Gasteiger partial charge in [0.25, 0.3) is 0 Å². The van der Waals surface area contributed by atoms with E-state index in [1.54, 1.807) is 6.26 Å². The summed E-state index contributed by atoms with van der Waals surface area (Å²) >= 11 is 0. The van der Waals surface area contributed by atoms with Crippen LogP contribution < -0.4 is 5.32 Å². The van der Waals surface area contributed by atoms with Gasteiger partial charge in [-0.3, -0.25) is 0 Å². The topological polar surface area (TPSA) is 45.4 Å². The molecule has 3 nitrogen and oxygen atoms in total. The molecule has 1 aliphatic rings. The Morgan fingerprint density at radius 3 is 2.80 bits per heavy atom. The summed E-state index contributed by atoms with van der Waals surface area (Å²) in [6.07, 6.45) is 5.86. The molecule has 0 atom stereocenters. The number of nitrogens with one attached hydrogen (secondary N) is 1. The fourth-order valence-corrected chi connectivity index (χ4v) is 2.20. The van der Waals surface area contributed by atoms with Crippen LogP contribution in [-0.4, -0.2) is 17.3 Å². The second-order valence-corrected chi connectivity index (χ2v) is 4.56. The van der Waals surface area contributed by atoms with Gasteiger partial charge in [0.1, 0.15) is 5.76 Å². The van der Waals surface area contributed by atoms with Crippen LogP contribution in [0.1, 0.15) is 37.0 Å². The fraction of sp³-hybridized carbons (Fsp3) is 0.667. The molecule has 2 N–H and O–H groups in total. The van der Waals surface area contributed by atoms with Crippen LogP contribution in [0.4, 0.5) is 0 Å². The number of hydrogen-bond acceptors (Lipinski definition) is 3. The van der Waals surface area contributed by atoms with Crippen molar-refractivity contribution in [2.45, 2.75) is 44.8 Å². The smallest absolute Gasteiger partial charge is 0.120 e. The molecule has 0 bridgehead atoms. The second-order valence-electron chi connectivity index (χ2n) is 4.56. The molecule has 3 heteroatoms. The van der Waals surface area contributed by atoms with Crippen molar-refractivity contribution in [3.05, 3.63) is 23.7 Å². The van der Waals surface area contributed by atoms with Crippen LogP contribution in [0.15, 0.2) is 16.7 Å². The molecule has 1 aliphatic carbocycles. The third-order valence-corrected chi connectivity index (χ3v) is 3.24. The highest BCUT2D eigenvalue weighted by atomic mass is 16.3. The Morgan fingerprint density at radius 1 is 1.47 bits per heavy atom. The average molecular weight is 209 g/mol. The molecule has 0 radical (unpaired) electrons. The van der Waals surface area contributed by atoms with E-state index in [-0.39, 0.29) is 0 Å². The van der Waals surface area contributed by atoms with Crippen molar-refractivity contribution >= 4 is 0 Å². The van der Waals surface area contributed by atoms with Crippen LogP contribution >= 0.6 is 0 Å². The highest BCUT2D eigenvalue weighted by Crippen LogP contribution is 2.28. The molecule has 1 saturated carbocycles. The third kappa shape index (κ3) is 2.61. The van der Waals surface area contributed by atoms with Crippen molar-refractivity contribution in [3.8, 4) is 0 Å². The van der Waals surface area contributed by atoms with Gasteiger partial charge in [0.05, 0.1) is 18.4 Å². The standard InChI is InChI=1S/C12H19NO2/c1-10-4-7-15-11(10)8-13-9-12(14)5-2-3-6-12/h4,7,13-14H,2-3,5-6,8-9H2,1H3. The van der Waals surface area contributed by atoms with Crippen molar-refractivity contribution in [3.63, 3.8) is 0 Å². The van der Waals surface area contributed by atoms with E-state index < -0.39 is 5.60 Å². The maximum atomic E-state index is 10.1. The molecule has 0 unspecified atom stereocenters. The molecular formula is C12H19NO2. The highest BCUT2D eigenvalue weighted by Gasteiger charge is 2.30. The Balaban J connectivity index is 1.77. The van der Waals surface area contributed by atoms with E-state index in [0.717, 1.165) is 31.4 Å². The first-order valence-electron chi connectivity index (χ1n) is 5.66. The maximum Gasteiger partial charge on any atom is 0.120 e. The minimum absolute atomic E-state index is 0.472. The number of furan rings is 1. The molecule has 0 aliphatic heterocycles. The molecule has 1 heterocycles. The summed E-state index contributed by atoms with van der Waals surface area (Å²) in [6.45, 7) is 3.42. The van der Waals surface area contributed by atoms with E-state index in [1.807, 2.05) is 13.0 Å². The summed E-state index contributed by atoms with van der Waals surface area (Å²) in [5, 5.41) is 13.4. The van der Waals surface area contributed by atoms with E-state index in [1.165, 1.54) is 5.56 Å². The summed E-state index contributed by atoms with van der Waals surface area (Å²) < 4.78 is 5.32. The zero-order valence-corrected chi connectivity index (χ0v) is 9.25. The number of aryl methyl sites for hydroxylation is 1. The van der Waals surface area contributed by atoms with E-state index in [4.69, 9.17) is 4.42 Å². The number of aliphatic hydroxyl groups is 1. The summed E-state index contributed by atoms with van der Waals surface area (Å²) in [5.41, 5.74) is 0.696. The molecule has 15 heavy (non-hydrogen) atoms. The predicted molar refractivity (Wildman–Crippen MR) is 58.6 cm³/mol. The minimum Gasteiger partial charge on any atom is -0.468 e. The lowest BCUT2D eigenvalue weighted by Gasteiger charge is -2.22. The first-order valence-corrected chi connectivity index (χ1v) is 5.66. The summed E-state index contributed by atoms with van der Waals surface area (Å²) in [4.78, 5) is 0. The molecule has 0 spiro atoms. The van der Waals surface area contributed by atoms with Crippen LogP contribution in [0.2, 0.25) is 0 Å². The normalized spacial score (nSPS) is 19.6. The first kappa shape index (κ1) is 10.7. The Kier molecular flexibility index (Phi) is 3.12. The van der Waals surface area contributed by atoms with Crippen LogP contribution in [0, 0.1) is 6.92 Å². The Morgan fingerprint density at radius 2 is 2.20 bits per heavy atom. The molecule has 2 rings (SSSR count). The van der Waals surface area contributed by atoms with Gasteiger partial charge in [-0.05, 0) is 31.4 Å². The van der Waals surface area contributed by atoms with Crippen molar-refractivity contribution in [1.82, 2.24) is 5.32 Å². The van der Waals surface area contributed by atoms with Gasteiger partial charge in [-0.25, -0.2) is 0 Å². The van der Waals surface area contributed by atoms with E-state index in [0.29, 0.717) is 13.1 Å². The second kappa shape index (κ2) is 4.37. The molecule has 0 saturated heterocycles. The van der Waals surface area contributed by atoms with Crippen LogP contribution in [0.25, 0.3) is 0 Å². The summed E-state index contributed by atoms with van der Waals surface area (Å²) in [7, 11) is 0. The van der Waals surface area contributed by atoms with E-state index in [9.17, 15) is 5.11 Å². The quantitative estimate of drug-likeness (QED) is 0.797. The van der Waals surface area contributed by atoms with Gasteiger partial charge in [0.2, 0.25) is 0 Å². The molecule has 84 valence electrons. The lowest BCUT2D eigenvalue weighted by atomic mass is 10.0. The zero-order valence-electron chi connectivity index (χ0n) is 9.25. The Labute approximate surface area is 90.5 Å². The van der Waals surface area contributed by atoms with Crippen molar-refractivity contribution < 1.29 is 9.52 Å². The van der Waals surface area contributed by atoms with Crippen molar-refractivity contribution in [1.29, 1.82) is 0 Å². The predicted octanol–water partition coefficient (Wildman–Crippen LogP) is 1.98. The summed E-state index contributed by atoms with van der Waals surface area (Å²) in [6, 6.07) is 1.96. The van der Waals surface area contributed by atoms with Crippen LogP contribution in [0.3, 0.4) is 0 Å².